The molecule has 0 atom stereocenters. The molecule has 0 aliphatic carbocycles. The van der Waals surface area contributed by atoms with Gasteiger partial charge < -0.3 is 16.0 Å². The number of halogens is 3. The maximum Gasteiger partial charge on any atom is -0.00775 e. The van der Waals surface area contributed by atoms with Gasteiger partial charge in [0.25, 0.3) is 0 Å². The van der Waals surface area contributed by atoms with Crippen LogP contribution in [0.4, 0.5) is 0 Å². The molecule has 0 aromatic rings. The smallest absolute Gasteiger partial charge is 0.00775 e. The summed E-state index contributed by atoms with van der Waals surface area (Å²) in [4.78, 5) is 0. The van der Waals surface area contributed by atoms with Gasteiger partial charge in [0.1, 0.15) is 0 Å². The van der Waals surface area contributed by atoms with Crippen LogP contribution in [0.2, 0.25) is 0 Å². The molecule has 14 heavy (non-hydrogen) atoms. The van der Waals surface area contributed by atoms with Crippen LogP contribution in [0.1, 0.15) is 13.8 Å². The molecule has 0 spiro atoms. The number of hydrogen-bond donors (Lipinski definition) is 3. The van der Waals surface area contributed by atoms with Gasteiger partial charge in [0.05, 0.1) is 0 Å². The molecule has 0 amide bonds. The van der Waals surface area contributed by atoms with E-state index in [1.807, 2.05) is 28.2 Å². The van der Waals surface area contributed by atoms with Crippen molar-refractivity contribution in [2.45, 2.75) is 13.8 Å². The van der Waals surface area contributed by atoms with Gasteiger partial charge in [-0.2, -0.15) is 0 Å². The largest absolute Gasteiger partial charge is 0.323 e. The first kappa shape index (κ1) is 36.4. The molecule has 0 saturated heterocycles. The van der Waals surface area contributed by atoms with Crippen molar-refractivity contribution in [1.82, 2.24) is 16.0 Å². The fourth-order valence-electron chi connectivity index (χ4n) is 0.250. The predicted octanol–water partition coefficient (Wildman–Crippen LogP) is 1.55. The summed E-state index contributed by atoms with van der Waals surface area (Å²) in [5, 5.41) is 8.61. The van der Waals surface area contributed by atoms with Gasteiger partial charge in [0, 0.05) is 0 Å². The summed E-state index contributed by atoms with van der Waals surface area (Å²) in [7, 11) is 7.50. The SMILES string of the molecule is CCNCC.CNC.CNC.Cl.Cl.Cl. The Morgan fingerprint density at radius 1 is 0.643 bits per heavy atom. The molecule has 0 heterocycles. The van der Waals surface area contributed by atoms with Crippen LogP contribution in [-0.2, 0) is 0 Å². The van der Waals surface area contributed by atoms with Gasteiger partial charge in [0.2, 0.25) is 0 Å². The van der Waals surface area contributed by atoms with Gasteiger partial charge in [0.15, 0.2) is 0 Å². The van der Waals surface area contributed by atoms with E-state index in [9.17, 15) is 0 Å². The molecule has 0 saturated carbocycles. The standard InChI is InChI=1S/C4H11N.2C2H7N.3ClH/c1-3-5-4-2;2*1-3-2;;;/h5H,3-4H2,1-2H3;2*3H,1-2H3;3*1H. The molecule has 0 aromatic carbocycles. The van der Waals surface area contributed by atoms with Crippen LogP contribution >= 0.6 is 37.2 Å². The normalized spacial score (nSPS) is 5.57. The van der Waals surface area contributed by atoms with Crippen molar-refractivity contribution in [3.05, 3.63) is 0 Å². The molecule has 96 valence electrons. The third kappa shape index (κ3) is 233. The average molecular weight is 273 g/mol. The average Bonchev–Trinajstić information content (AvgIpc) is 1.92. The second kappa shape index (κ2) is 67.6. The summed E-state index contributed by atoms with van der Waals surface area (Å²) in [5.41, 5.74) is 0. The monoisotopic (exact) mass is 271 g/mol. The molecule has 0 unspecified atom stereocenters. The fourth-order valence-corrected chi connectivity index (χ4v) is 0.250. The van der Waals surface area contributed by atoms with Crippen LogP contribution in [0.5, 0.6) is 0 Å². The van der Waals surface area contributed by atoms with Crippen molar-refractivity contribution in [1.29, 1.82) is 0 Å². The molecule has 0 aliphatic rings. The van der Waals surface area contributed by atoms with Crippen molar-refractivity contribution in [3.8, 4) is 0 Å². The molecule has 0 rings (SSSR count). The third-order valence-electron chi connectivity index (χ3n) is 0.500. The maximum absolute atomic E-state index is 3.11. The fraction of sp³-hybridized carbons (Fsp3) is 1.00. The molecule has 0 aliphatic heterocycles. The molecule has 0 bridgehead atoms. The van der Waals surface area contributed by atoms with Gasteiger partial charge in [-0.25, -0.2) is 0 Å². The summed E-state index contributed by atoms with van der Waals surface area (Å²) < 4.78 is 0. The lowest BCUT2D eigenvalue weighted by Gasteiger charge is -1.86. The summed E-state index contributed by atoms with van der Waals surface area (Å²) >= 11 is 0. The Labute approximate surface area is 108 Å². The highest BCUT2D eigenvalue weighted by Gasteiger charge is 1.62. The Bertz CT molecular complexity index is 39.0. The van der Waals surface area contributed by atoms with Crippen molar-refractivity contribution < 1.29 is 0 Å². The zero-order valence-corrected chi connectivity index (χ0v) is 12.6. The minimum absolute atomic E-state index is 0. The first-order valence-electron chi connectivity index (χ1n) is 4.12. The van der Waals surface area contributed by atoms with Crippen molar-refractivity contribution in [2.75, 3.05) is 41.3 Å². The van der Waals surface area contributed by atoms with E-state index >= 15 is 0 Å². The molecule has 0 fully saturated rings. The van der Waals surface area contributed by atoms with E-state index in [2.05, 4.69) is 29.8 Å². The quantitative estimate of drug-likeness (QED) is 0.714. The van der Waals surface area contributed by atoms with Crippen LogP contribution in [0, 0.1) is 0 Å². The number of hydrogen-bond acceptors (Lipinski definition) is 3. The van der Waals surface area contributed by atoms with E-state index in [1.165, 1.54) is 0 Å². The summed E-state index contributed by atoms with van der Waals surface area (Å²) in [6.45, 7) is 6.39. The summed E-state index contributed by atoms with van der Waals surface area (Å²) in [6.07, 6.45) is 0. The van der Waals surface area contributed by atoms with Gasteiger partial charge in [-0.3, -0.25) is 0 Å². The van der Waals surface area contributed by atoms with E-state index in [4.69, 9.17) is 0 Å². The van der Waals surface area contributed by atoms with Crippen LogP contribution in [0.3, 0.4) is 0 Å². The van der Waals surface area contributed by atoms with E-state index in [0.29, 0.717) is 0 Å². The zero-order chi connectivity index (χ0) is 9.54. The summed E-state index contributed by atoms with van der Waals surface area (Å²) in [6, 6.07) is 0. The first-order valence-corrected chi connectivity index (χ1v) is 4.12. The minimum Gasteiger partial charge on any atom is -0.323 e. The van der Waals surface area contributed by atoms with E-state index in [1.54, 1.807) is 0 Å². The predicted molar refractivity (Wildman–Crippen MR) is 75.9 cm³/mol. The second-order valence-electron chi connectivity index (χ2n) is 1.96. The van der Waals surface area contributed by atoms with Gasteiger partial charge in [-0.15, -0.1) is 37.2 Å². The highest BCUT2D eigenvalue weighted by Crippen LogP contribution is 1.47. The Morgan fingerprint density at radius 2 is 0.786 bits per heavy atom. The lowest BCUT2D eigenvalue weighted by molar-refractivity contribution is 0.762. The Hall–Kier alpha value is 0.750. The summed E-state index contributed by atoms with van der Waals surface area (Å²) in [5.74, 6) is 0. The van der Waals surface area contributed by atoms with Gasteiger partial charge in [-0.1, -0.05) is 13.8 Å². The lowest BCUT2D eigenvalue weighted by Crippen LogP contribution is -2.09. The van der Waals surface area contributed by atoms with Crippen LogP contribution < -0.4 is 16.0 Å². The topological polar surface area (TPSA) is 36.1 Å². The molecular weight excluding hydrogens is 244 g/mol. The zero-order valence-electron chi connectivity index (χ0n) is 10.1. The highest BCUT2D eigenvalue weighted by atomic mass is 35.5. The van der Waals surface area contributed by atoms with E-state index in [-0.39, 0.29) is 37.2 Å². The van der Waals surface area contributed by atoms with Crippen LogP contribution in [-0.4, -0.2) is 41.3 Å². The Balaban J connectivity index is -0.0000000162. The lowest BCUT2D eigenvalue weighted by atomic mass is 10.7. The van der Waals surface area contributed by atoms with Crippen LogP contribution in [0.15, 0.2) is 0 Å². The Kier molecular flexibility index (Phi) is 176. The number of nitrogens with one attached hydrogen (secondary N) is 3. The first-order chi connectivity index (χ1) is 5.24. The molecule has 0 aromatic heterocycles. The van der Waals surface area contributed by atoms with Crippen LogP contribution in [0.25, 0.3) is 0 Å². The number of rotatable bonds is 2. The molecular formula is C8H28Cl3N3. The van der Waals surface area contributed by atoms with E-state index < -0.39 is 0 Å². The van der Waals surface area contributed by atoms with Crippen molar-refractivity contribution in [2.24, 2.45) is 0 Å². The van der Waals surface area contributed by atoms with Gasteiger partial charge in [-0.05, 0) is 41.3 Å². The maximum atomic E-state index is 3.11. The van der Waals surface area contributed by atoms with Gasteiger partial charge >= 0.3 is 0 Å². The molecule has 0 radical (unpaired) electrons. The highest BCUT2D eigenvalue weighted by molar-refractivity contribution is 5.86. The molecule has 3 nitrogen and oxygen atoms in total. The van der Waals surface area contributed by atoms with E-state index in [0.717, 1.165) is 13.1 Å². The third-order valence-corrected chi connectivity index (χ3v) is 0.500. The second-order valence-corrected chi connectivity index (χ2v) is 1.96. The molecule has 6 heteroatoms. The van der Waals surface area contributed by atoms with Crippen molar-refractivity contribution in [3.63, 3.8) is 0 Å². The molecule has 3 N–H and O–H groups in total. The Morgan fingerprint density at radius 3 is 0.786 bits per heavy atom. The minimum atomic E-state index is 0. The van der Waals surface area contributed by atoms with Crippen molar-refractivity contribution >= 4 is 37.2 Å².